The average molecular weight is 480 g/mol. The van der Waals surface area contributed by atoms with Gasteiger partial charge in [0.15, 0.2) is 16.7 Å². The number of aromatic nitrogens is 4. The van der Waals surface area contributed by atoms with Crippen molar-refractivity contribution in [3.63, 3.8) is 0 Å². The zero-order valence-corrected chi connectivity index (χ0v) is 19.8. The Hall–Kier alpha value is -3.53. The summed E-state index contributed by atoms with van der Waals surface area (Å²) in [7, 11) is 0. The van der Waals surface area contributed by atoms with E-state index in [4.69, 9.17) is 9.47 Å². The van der Waals surface area contributed by atoms with Crippen molar-refractivity contribution in [1.29, 1.82) is 0 Å². The molecule has 0 saturated heterocycles. The van der Waals surface area contributed by atoms with Gasteiger partial charge in [0.05, 0.1) is 16.7 Å². The molecule has 1 aliphatic rings. The van der Waals surface area contributed by atoms with E-state index in [1.807, 2.05) is 28.7 Å². The van der Waals surface area contributed by atoms with E-state index in [0.29, 0.717) is 59.2 Å². The summed E-state index contributed by atoms with van der Waals surface area (Å²) in [5, 5.41) is 12.7. The molecule has 0 bridgehead atoms. The number of fused-ring (bicyclic) bond motifs is 4. The number of carbonyl (C=O) groups excluding carboxylic acids is 1. The molecule has 5 rings (SSSR count). The first-order valence-corrected chi connectivity index (χ1v) is 12.2. The summed E-state index contributed by atoms with van der Waals surface area (Å²) in [5.41, 5.74) is 1.28. The van der Waals surface area contributed by atoms with Crippen LogP contribution < -0.4 is 20.3 Å². The van der Waals surface area contributed by atoms with Crippen molar-refractivity contribution in [1.82, 2.24) is 19.2 Å². The Balaban J connectivity index is 1.40. The average Bonchev–Trinajstić information content (AvgIpc) is 3.26. The minimum absolute atomic E-state index is 0.0796. The molecular weight excluding hydrogens is 454 g/mol. The van der Waals surface area contributed by atoms with Crippen LogP contribution in [0.2, 0.25) is 0 Å². The summed E-state index contributed by atoms with van der Waals surface area (Å²) in [6.45, 7) is 5.79. The Morgan fingerprint density at radius 3 is 2.74 bits per heavy atom. The van der Waals surface area contributed by atoms with Crippen LogP contribution in [0.1, 0.15) is 20.3 Å². The standard InChI is InChI=1S/C24H25N5O4S/c1-15(2)9-10-28-22(31)17-5-3-4-6-18(17)29-23(28)26-27-24(29)34-14-21(30)25-16-7-8-19-20(13-16)33-12-11-32-19/h3-8,13,15H,9-12,14H2,1-2H3,(H,25,30). The summed E-state index contributed by atoms with van der Waals surface area (Å²) < 4.78 is 14.6. The molecule has 34 heavy (non-hydrogen) atoms. The summed E-state index contributed by atoms with van der Waals surface area (Å²) in [6, 6.07) is 12.7. The molecule has 1 aliphatic heterocycles. The van der Waals surface area contributed by atoms with Crippen molar-refractivity contribution in [2.45, 2.75) is 32.0 Å². The first kappa shape index (κ1) is 22.3. The van der Waals surface area contributed by atoms with Crippen LogP contribution >= 0.6 is 11.8 Å². The zero-order chi connectivity index (χ0) is 23.7. The van der Waals surface area contributed by atoms with Gasteiger partial charge in [0, 0.05) is 18.3 Å². The van der Waals surface area contributed by atoms with Gasteiger partial charge in [-0.3, -0.25) is 18.6 Å². The van der Waals surface area contributed by atoms with E-state index in [1.165, 1.54) is 11.8 Å². The highest BCUT2D eigenvalue weighted by Crippen LogP contribution is 2.32. The molecule has 10 heteroatoms. The summed E-state index contributed by atoms with van der Waals surface area (Å²) in [4.78, 5) is 25.8. The number of hydrogen-bond acceptors (Lipinski definition) is 7. The topological polar surface area (TPSA) is 99.8 Å². The maximum Gasteiger partial charge on any atom is 0.262 e. The first-order chi connectivity index (χ1) is 16.5. The van der Waals surface area contributed by atoms with E-state index in [2.05, 4.69) is 29.4 Å². The lowest BCUT2D eigenvalue weighted by atomic mass is 10.1. The molecule has 2 aromatic heterocycles. The van der Waals surface area contributed by atoms with Crippen molar-refractivity contribution in [3.8, 4) is 11.5 Å². The van der Waals surface area contributed by atoms with Crippen LogP contribution in [0.3, 0.4) is 0 Å². The molecule has 0 saturated carbocycles. The lowest BCUT2D eigenvalue weighted by Crippen LogP contribution is -2.24. The number of thioether (sulfide) groups is 1. The number of benzene rings is 2. The molecule has 176 valence electrons. The Labute approximate surface area is 200 Å². The molecule has 0 atom stereocenters. The number of aryl methyl sites for hydroxylation is 1. The largest absolute Gasteiger partial charge is 0.486 e. The number of amides is 1. The number of nitrogens with one attached hydrogen (secondary N) is 1. The van der Waals surface area contributed by atoms with Gasteiger partial charge in [0.25, 0.3) is 5.56 Å². The molecule has 1 N–H and O–H groups in total. The number of ether oxygens (including phenoxy) is 2. The van der Waals surface area contributed by atoms with Crippen molar-refractivity contribution in [2.24, 2.45) is 5.92 Å². The van der Waals surface area contributed by atoms with Crippen molar-refractivity contribution < 1.29 is 14.3 Å². The Morgan fingerprint density at radius 2 is 1.91 bits per heavy atom. The van der Waals surface area contributed by atoms with Crippen LogP contribution in [-0.2, 0) is 11.3 Å². The van der Waals surface area contributed by atoms with Gasteiger partial charge in [-0.05, 0) is 36.6 Å². The van der Waals surface area contributed by atoms with E-state index in [1.54, 1.807) is 22.8 Å². The molecule has 0 aliphatic carbocycles. The third kappa shape index (κ3) is 4.33. The smallest absolute Gasteiger partial charge is 0.262 e. The normalized spacial score (nSPS) is 13.0. The van der Waals surface area contributed by atoms with Gasteiger partial charge in [-0.2, -0.15) is 0 Å². The van der Waals surface area contributed by atoms with Gasteiger partial charge >= 0.3 is 0 Å². The molecule has 0 unspecified atom stereocenters. The lowest BCUT2D eigenvalue weighted by Gasteiger charge is -2.19. The number of carbonyl (C=O) groups is 1. The van der Waals surface area contributed by atoms with Crippen molar-refractivity contribution >= 4 is 40.0 Å². The number of hydrogen-bond donors (Lipinski definition) is 1. The fourth-order valence-electron chi connectivity index (χ4n) is 3.86. The third-order valence-electron chi connectivity index (χ3n) is 5.57. The second kappa shape index (κ2) is 9.38. The van der Waals surface area contributed by atoms with Crippen LogP contribution in [-0.4, -0.2) is 44.0 Å². The molecule has 1 amide bonds. The second-order valence-corrected chi connectivity index (χ2v) is 9.41. The van der Waals surface area contributed by atoms with Crippen LogP contribution in [0.15, 0.2) is 52.4 Å². The fourth-order valence-corrected chi connectivity index (χ4v) is 4.60. The minimum Gasteiger partial charge on any atom is -0.486 e. The quantitative estimate of drug-likeness (QED) is 0.404. The predicted molar refractivity (Wildman–Crippen MR) is 131 cm³/mol. The van der Waals surface area contributed by atoms with Crippen LogP contribution in [0.5, 0.6) is 11.5 Å². The van der Waals surface area contributed by atoms with Crippen LogP contribution in [0.25, 0.3) is 16.7 Å². The molecule has 2 aromatic carbocycles. The highest BCUT2D eigenvalue weighted by molar-refractivity contribution is 7.99. The monoisotopic (exact) mass is 479 g/mol. The Bertz CT molecular complexity index is 1430. The molecule has 3 heterocycles. The van der Waals surface area contributed by atoms with Gasteiger partial charge in [-0.1, -0.05) is 37.7 Å². The highest BCUT2D eigenvalue weighted by Gasteiger charge is 2.18. The molecule has 0 spiro atoms. The van der Waals surface area contributed by atoms with E-state index in [-0.39, 0.29) is 17.2 Å². The van der Waals surface area contributed by atoms with Crippen molar-refractivity contribution in [2.75, 3.05) is 24.3 Å². The van der Waals surface area contributed by atoms with Gasteiger partial charge in [0.1, 0.15) is 13.2 Å². The van der Waals surface area contributed by atoms with Gasteiger partial charge < -0.3 is 14.8 Å². The summed E-state index contributed by atoms with van der Waals surface area (Å²) in [5.74, 6) is 2.17. The fraction of sp³-hybridized carbons (Fsp3) is 0.333. The lowest BCUT2D eigenvalue weighted by molar-refractivity contribution is -0.113. The van der Waals surface area contributed by atoms with Crippen LogP contribution in [0, 0.1) is 5.92 Å². The third-order valence-corrected chi connectivity index (χ3v) is 6.50. The van der Waals surface area contributed by atoms with Crippen molar-refractivity contribution in [3.05, 3.63) is 52.8 Å². The van der Waals surface area contributed by atoms with Gasteiger partial charge in [-0.25, -0.2) is 0 Å². The molecule has 0 fully saturated rings. The maximum atomic E-state index is 13.1. The van der Waals surface area contributed by atoms with Crippen LogP contribution in [0.4, 0.5) is 5.69 Å². The highest BCUT2D eigenvalue weighted by atomic mass is 32.2. The number of nitrogens with zero attached hydrogens (tertiary/aromatic N) is 4. The molecule has 4 aromatic rings. The Kier molecular flexibility index (Phi) is 6.14. The summed E-state index contributed by atoms with van der Waals surface area (Å²) >= 11 is 1.27. The second-order valence-electron chi connectivity index (χ2n) is 8.47. The summed E-state index contributed by atoms with van der Waals surface area (Å²) in [6.07, 6.45) is 0.848. The Morgan fingerprint density at radius 1 is 1.12 bits per heavy atom. The minimum atomic E-state index is -0.184. The number of anilines is 1. The van der Waals surface area contributed by atoms with E-state index in [0.717, 1.165) is 11.9 Å². The first-order valence-electron chi connectivity index (χ1n) is 11.2. The van der Waals surface area contributed by atoms with E-state index in [9.17, 15) is 9.59 Å². The molecular formula is C24H25N5O4S. The zero-order valence-electron chi connectivity index (χ0n) is 19.0. The molecule has 0 radical (unpaired) electrons. The van der Waals surface area contributed by atoms with Gasteiger partial charge in [-0.15, -0.1) is 10.2 Å². The number of para-hydroxylation sites is 1. The SMILES string of the molecule is CC(C)CCn1c(=O)c2ccccc2n2c(SCC(=O)Nc3ccc4c(c3)OCCO4)nnc12. The van der Waals surface area contributed by atoms with E-state index < -0.39 is 0 Å². The van der Waals surface area contributed by atoms with Gasteiger partial charge in [0.2, 0.25) is 11.7 Å². The predicted octanol–water partition coefficient (Wildman–Crippen LogP) is 3.59. The number of rotatable bonds is 7. The maximum absolute atomic E-state index is 13.1. The molecule has 9 nitrogen and oxygen atoms in total. The van der Waals surface area contributed by atoms with E-state index >= 15 is 0 Å².